The van der Waals surface area contributed by atoms with E-state index >= 15 is 0 Å². The number of benzene rings is 1. The van der Waals surface area contributed by atoms with Gasteiger partial charge in [-0.25, -0.2) is 9.97 Å². The zero-order chi connectivity index (χ0) is 12.2. The summed E-state index contributed by atoms with van der Waals surface area (Å²) in [5, 5.41) is 8.07. The lowest BCUT2D eigenvalue weighted by Gasteiger charge is -2.24. The first kappa shape index (κ1) is 11.4. The van der Waals surface area contributed by atoms with Gasteiger partial charge < -0.3 is 10.6 Å². The Hall–Kier alpha value is -1.68. The van der Waals surface area contributed by atoms with Gasteiger partial charge in [0.25, 0.3) is 0 Å². The normalized spacial score (nSPS) is 19.9. The molecule has 1 atom stereocenters. The van der Waals surface area contributed by atoms with E-state index in [0.717, 1.165) is 29.8 Å². The topological polar surface area (TPSA) is 49.8 Å². The molecule has 18 heavy (non-hydrogen) atoms. The predicted molar refractivity (Wildman–Crippen MR) is 73.7 cm³/mol. The van der Waals surface area contributed by atoms with Crippen LogP contribution in [0.3, 0.4) is 0 Å². The number of hydrogen-bond donors (Lipinski definition) is 2. The van der Waals surface area contributed by atoms with Crippen LogP contribution in [-0.2, 0) is 0 Å². The van der Waals surface area contributed by atoms with Crippen LogP contribution in [0.25, 0.3) is 10.9 Å². The van der Waals surface area contributed by atoms with Crippen LogP contribution >= 0.6 is 0 Å². The predicted octanol–water partition coefficient (Wildman–Crippen LogP) is 2.18. The molecule has 0 amide bonds. The smallest absolute Gasteiger partial charge is 0.137 e. The fourth-order valence-corrected chi connectivity index (χ4v) is 2.46. The third kappa shape index (κ3) is 2.43. The van der Waals surface area contributed by atoms with Crippen LogP contribution in [0.4, 0.5) is 5.82 Å². The first-order chi connectivity index (χ1) is 8.93. The van der Waals surface area contributed by atoms with Gasteiger partial charge in [0, 0.05) is 18.0 Å². The number of piperidine rings is 1. The molecular weight excluding hydrogens is 224 g/mol. The Kier molecular flexibility index (Phi) is 3.37. The molecule has 1 aliphatic heterocycles. The quantitative estimate of drug-likeness (QED) is 0.866. The van der Waals surface area contributed by atoms with E-state index in [9.17, 15) is 0 Å². The van der Waals surface area contributed by atoms with Crippen molar-refractivity contribution in [3.63, 3.8) is 0 Å². The Morgan fingerprint density at radius 1 is 1.22 bits per heavy atom. The highest BCUT2D eigenvalue weighted by atomic mass is 15.1. The number of rotatable bonds is 3. The fraction of sp³-hybridized carbons (Fsp3) is 0.429. The molecule has 3 rings (SSSR count). The molecule has 2 heterocycles. The van der Waals surface area contributed by atoms with Crippen molar-refractivity contribution in [1.82, 2.24) is 15.3 Å². The Balaban J connectivity index is 1.74. The van der Waals surface area contributed by atoms with Crippen molar-refractivity contribution in [2.75, 3.05) is 18.4 Å². The maximum atomic E-state index is 4.34. The lowest BCUT2D eigenvalue weighted by molar-refractivity contribution is 0.414. The molecule has 0 bridgehead atoms. The molecule has 0 radical (unpaired) electrons. The minimum atomic E-state index is 0.562. The van der Waals surface area contributed by atoms with Crippen molar-refractivity contribution in [1.29, 1.82) is 0 Å². The summed E-state index contributed by atoms with van der Waals surface area (Å²) < 4.78 is 0. The first-order valence-corrected chi connectivity index (χ1v) is 6.60. The number of aromatic nitrogens is 2. The molecule has 1 aromatic heterocycles. The van der Waals surface area contributed by atoms with Crippen molar-refractivity contribution >= 4 is 16.7 Å². The number of para-hydroxylation sites is 1. The highest BCUT2D eigenvalue weighted by Gasteiger charge is 2.12. The van der Waals surface area contributed by atoms with E-state index in [4.69, 9.17) is 0 Å². The molecule has 1 saturated heterocycles. The van der Waals surface area contributed by atoms with E-state index in [1.165, 1.54) is 19.3 Å². The van der Waals surface area contributed by atoms with E-state index in [1.54, 1.807) is 6.33 Å². The first-order valence-electron chi connectivity index (χ1n) is 6.60. The molecule has 0 unspecified atom stereocenters. The highest BCUT2D eigenvalue weighted by molar-refractivity contribution is 5.88. The SMILES string of the molecule is c1ccc2c(NC[C@@H]3CCCCN3)ncnc2c1. The Morgan fingerprint density at radius 3 is 3.06 bits per heavy atom. The average molecular weight is 242 g/mol. The molecule has 0 spiro atoms. The lowest BCUT2D eigenvalue weighted by atomic mass is 10.1. The maximum Gasteiger partial charge on any atom is 0.137 e. The van der Waals surface area contributed by atoms with Crippen LogP contribution in [-0.4, -0.2) is 29.1 Å². The summed E-state index contributed by atoms with van der Waals surface area (Å²) in [6, 6.07) is 8.66. The average Bonchev–Trinajstić information content (AvgIpc) is 2.46. The summed E-state index contributed by atoms with van der Waals surface area (Å²) in [7, 11) is 0. The van der Waals surface area contributed by atoms with E-state index < -0.39 is 0 Å². The van der Waals surface area contributed by atoms with Crippen LogP contribution in [0.2, 0.25) is 0 Å². The van der Waals surface area contributed by atoms with Crippen LogP contribution in [0.15, 0.2) is 30.6 Å². The molecule has 1 fully saturated rings. The number of hydrogen-bond acceptors (Lipinski definition) is 4. The van der Waals surface area contributed by atoms with Crippen molar-refractivity contribution < 1.29 is 0 Å². The van der Waals surface area contributed by atoms with E-state index in [1.807, 2.05) is 18.2 Å². The molecule has 2 N–H and O–H groups in total. The monoisotopic (exact) mass is 242 g/mol. The summed E-state index contributed by atoms with van der Waals surface area (Å²) in [6.07, 6.45) is 5.49. The standard InChI is InChI=1S/C14H18N4/c1-2-7-13-12(6-1)14(18-10-17-13)16-9-11-5-3-4-8-15-11/h1-2,6-7,10-11,15H,3-5,8-9H2,(H,16,17,18)/t11-/m0/s1. The summed E-state index contributed by atoms with van der Waals surface area (Å²) in [4.78, 5) is 8.61. The van der Waals surface area contributed by atoms with Gasteiger partial charge in [0.1, 0.15) is 12.1 Å². The van der Waals surface area contributed by atoms with Gasteiger partial charge in [-0.2, -0.15) is 0 Å². The molecule has 0 saturated carbocycles. The molecule has 94 valence electrons. The van der Waals surface area contributed by atoms with Crippen molar-refractivity contribution in [3.05, 3.63) is 30.6 Å². The highest BCUT2D eigenvalue weighted by Crippen LogP contribution is 2.18. The van der Waals surface area contributed by atoms with Crippen molar-refractivity contribution in [3.8, 4) is 0 Å². The van der Waals surface area contributed by atoms with Crippen LogP contribution in [0, 0.1) is 0 Å². The summed E-state index contributed by atoms with van der Waals surface area (Å²) in [5.74, 6) is 0.938. The molecular formula is C14H18N4. The maximum absolute atomic E-state index is 4.34. The fourth-order valence-electron chi connectivity index (χ4n) is 2.46. The molecule has 1 aliphatic rings. The lowest BCUT2D eigenvalue weighted by Crippen LogP contribution is -2.39. The zero-order valence-electron chi connectivity index (χ0n) is 10.4. The molecule has 4 nitrogen and oxygen atoms in total. The Bertz CT molecular complexity index is 515. The third-order valence-corrected chi connectivity index (χ3v) is 3.47. The number of fused-ring (bicyclic) bond motifs is 1. The van der Waals surface area contributed by atoms with E-state index in [2.05, 4.69) is 26.7 Å². The van der Waals surface area contributed by atoms with Gasteiger partial charge in [0.2, 0.25) is 0 Å². The third-order valence-electron chi connectivity index (χ3n) is 3.47. The van der Waals surface area contributed by atoms with Gasteiger partial charge in [0.15, 0.2) is 0 Å². The second-order valence-electron chi connectivity index (χ2n) is 4.77. The minimum Gasteiger partial charge on any atom is -0.368 e. The molecule has 2 aromatic rings. The molecule has 1 aromatic carbocycles. The van der Waals surface area contributed by atoms with Gasteiger partial charge >= 0.3 is 0 Å². The Morgan fingerprint density at radius 2 is 2.17 bits per heavy atom. The van der Waals surface area contributed by atoms with Gasteiger partial charge in [-0.05, 0) is 31.5 Å². The van der Waals surface area contributed by atoms with Gasteiger partial charge in [-0.1, -0.05) is 18.6 Å². The zero-order valence-corrected chi connectivity index (χ0v) is 10.4. The number of nitrogens with zero attached hydrogens (tertiary/aromatic N) is 2. The summed E-state index contributed by atoms with van der Waals surface area (Å²) in [6.45, 7) is 2.07. The van der Waals surface area contributed by atoms with Gasteiger partial charge in [-0.3, -0.25) is 0 Å². The molecule has 0 aliphatic carbocycles. The number of nitrogens with one attached hydrogen (secondary N) is 2. The van der Waals surface area contributed by atoms with Gasteiger partial charge in [0.05, 0.1) is 5.52 Å². The van der Waals surface area contributed by atoms with Crippen molar-refractivity contribution in [2.24, 2.45) is 0 Å². The summed E-state index contributed by atoms with van der Waals surface area (Å²) in [5.41, 5.74) is 0.992. The van der Waals surface area contributed by atoms with Crippen LogP contribution in [0.5, 0.6) is 0 Å². The number of anilines is 1. The van der Waals surface area contributed by atoms with Crippen LogP contribution in [0.1, 0.15) is 19.3 Å². The van der Waals surface area contributed by atoms with E-state index in [-0.39, 0.29) is 0 Å². The summed E-state index contributed by atoms with van der Waals surface area (Å²) >= 11 is 0. The second-order valence-corrected chi connectivity index (χ2v) is 4.77. The van der Waals surface area contributed by atoms with Crippen LogP contribution < -0.4 is 10.6 Å². The second kappa shape index (κ2) is 5.31. The minimum absolute atomic E-state index is 0.562. The Labute approximate surface area is 107 Å². The van der Waals surface area contributed by atoms with Crippen molar-refractivity contribution in [2.45, 2.75) is 25.3 Å². The van der Waals surface area contributed by atoms with E-state index in [0.29, 0.717) is 6.04 Å². The largest absolute Gasteiger partial charge is 0.368 e. The van der Waals surface area contributed by atoms with Gasteiger partial charge in [-0.15, -0.1) is 0 Å². The molecule has 4 heteroatoms.